The summed E-state index contributed by atoms with van der Waals surface area (Å²) in [6.07, 6.45) is 0.200. The van der Waals surface area contributed by atoms with Crippen molar-refractivity contribution in [1.82, 2.24) is 10.6 Å². The largest absolute Gasteiger partial charge is 0.467 e. The summed E-state index contributed by atoms with van der Waals surface area (Å²) in [5.74, 6) is -1.42. The van der Waals surface area contributed by atoms with Crippen molar-refractivity contribution < 1.29 is 28.7 Å². The van der Waals surface area contributed by atoms with Gasteiger partial charge < -0.3 is 31.6 Å². The summed E-state index contributed by atoms with van der Waals surface area (Å²) in [4.78, 5) is 46.6. The van der Waals surface area contributed by atoms with Gasteiger partial charge in [-0.2, -0.15) is 0 Å². The lowest BCUT2D eigenvalue weighted by Crippen LogP contribution is -2.44. The van der Waals surface area contributed by atoms with Gasteiger partial charge in [-0.25, -0.2) is 9.59 Å². The van der Waals surface area contributed by atoms with E-state index in [0.29, 0.717) is 0 Å². The van der Waals surface area contributed by atoms with Crippen LogP contribution in [0.5, 0.6) is 0 Å². The second-order valence-electron chi connectivity index (χ2n) is 4.93. The third kappa shape index (κ3) is 14.1. The average Bonchev–Trinajstić information content (AvgIpc) is 2.62. The number of nitrogens with one attached hydrogen (secondary N) is 2. The first-order valence-electron chi connectivity index (χ1n) is 7.78. The lowest BCUT2D eigenvalue weighted by Gasteiger charge is -2.18. The van der Waals surface area contributed by atoms with Crippen LogP contribution in [0.15, 0.2) is 0 Å². The topological polar surface area (TPSA) is 163 Å². The molecule has 0 aliphatic carbocycles. The molecule has 0 fully saturated rings. The van der Waals surface area contributed by atoms with Crippen LogP contribution in [0, 0.1) is 0 Å². The predicted octanol–water partition coefficient (Wildman–Crippen LogP) is -0.775. The Morgan fingerprint density at radius 3 is 1.36 bits per heavy atom. The Bertz CT molecular complexity index is 449. The summed E-state index contributed by atoms with van der Waals surface area (Å²) in [6, 6.07) is -1.67. The lowest BCUT2D eigenvalue weighted by molar-refractivity contribution is -0.144. The van der Waals surface area contributed by atoms with E-state index in [9.17, 15) is 19.2 Å². The maximum Gasteiger partial charge on any atom is 0.329 e. The molecule has 166 valence electrons. The van der Waals surface area contributed by atoms with E-state index < -0.39 is 24.0 Å². The van der Waals surface area contributed by atoms with E-state index in [4.69, 9.17) is 11.5 Å². The minimum absolute atomic E-state index is 0. The van der Waals surface area contributed by atoms with Gasteiger partial charge in [0.05, 0.1) is 14.2 Å². The molecule has 6 N–H and O–H groups in total. The second kappa shape index (κ2) is 19.4. The summed E-state index contributed by atoms with van der Waals surface area (Å²) in [5, 5.41) is 5.07. The molecule has 2 amide bonds. The van der Waals surface area contributed by atoms with Crippen molar-refractivity contribution in [2.75, 3.05) is 38.8 Å². The molecule has 0 spiro atoms. The molecular formula is C14H28Cl2N4O6S2. The van der Waals surface area contributed by atoms with Crippen molar-refractivity contribution >= 4 is 70.2 Å². The highest BCUT2D eigenvalue weighted by atomic mass is 35.5. The minimum atomic E-state index is -0.833. The molecule has 0 radical (unpaired) electrons. The van der Waals surface area contributed by atoms with Gasteiger partial charge in [0, 0.05) is 37.4 Å². The smallest absolute Gasteiger partial charge is 0.329 e. The zero-order chi connectivity index (χ0) is 19.9. The molecule has 10 nitrogen and oxygen atoms in total. The average molecular weight is 483 g/mol. The van der Waals surface area contributed by atoms with Gasteiger partial charge in [-0.3, -0.25) is 9.59 Å². The first kappa shape index (κ1) is 31.8. The summed E-state index contributed by atoms with van der Waals surface area (Å²) in [5.41, 5.74) is 10.6. The first-order chi connectivity index (χ1) is 12.4. The van der Waals surface area contributed by atoms with Crippen LogP contribution in [0.3, 0.4) is 0 Å². The Hall–Kier alpha value is -0.920. The third-order valence-electron chi connectivity index (χ3n) is 2.94. The predicted molar refractivity (Wildman–Crippen MR) is 115 cm³/mol. The maximum absolute atomic E-state index is 11.7. The number of amides is 2. The molecule has 0 saturated carbocycles. The Morgan fingerprint density at radius 1 is 0.786 bits per heavy atom. The Morgan fingerprint density at radius 2 is 1.11 bits per heavy atom. The van der Waals surface area contributed by atoms with Gasteiger partial charge in [-0.05, 0) is 0 Å². The number of hydrogen-bond acceptors (Lipinski definition) is 10. The molecule has 0 rings (SSSR count). The van der Waals surface area contributed by atoms with Gasteiger partial charge in [0.1, 0.15) is 12.1 Å². The third-order valence-corrected chi connectivity index (χ3v) is 5.36. The number of methoxy groups -OCH3 is 2. The summed E-state index contributed by atoms with van der Waals surface area (Å²) in [6.45, 7) is 0.343. The van der Waals surface area contributed by atoms with Crippen molar-refractivity contribution in [3.8, 4) is 0 Å². The summed E-state index contributed by atoms with van der Waals surface area (Å²) < 4.78 is 9.31. The number of halogens is 2. The molecule has 0 aromatic heterocycles. The number of hydrogen-bond donors (Lipinski definition) is 4. The van der Waals surface area contributed by atoms with E-state index in [0.717, 1.165) is 0 Å². The number of rotatable bonds is 13. The quantitative estimate of drug-likeness (QED) is 0.149. The normalized spacial score (nSPS) is 11.7. The molecule has 0 unspecified atom stereocenters. The highest BCUT2D eigenvalue weighted by Crippen LogP contribution is 2.23. The summed E-state index contributed by atoms with van der Waals surface area (Å²) in [7, 11) is 4.95. The van der Waals surface area contributed by atoms with Gasteiger partial charge in [0.15, 0.2) is 0 Å². The van der Waals surface area contributed by atoms with Crippen molar-refractivity contribution in [3.63, 3.8) is 0 Å². The van der Waals surface area contributed by atoms with Crippen molar-refractivity contribution in [2.24, 2.45) is 11.5 Å². The van der Waals surface area contributed by atoms with Gasteiger partial charge in [0.2, 0.25) is 11.8 Å². The van der Waals surface area contributed by atoms with Crippen molar-refractivity contribution in [1.29, 1.82) is 0 Å². The van der Waals surface area contributed by atoms with Gasteiger partial charge in [0.25, 0.3) is 0 Å². The van der Waals surface area contributed by atoms with Crippen LogP contribution in [0.4, 0.5) is 0 Å². The molecule has 0 saturated heterocycles. The Labute approximate surface area is 184 Å². The maximum atomic E-state index is 11.7. The van der Waals surface area contributed by atoms with Crippen LogP contribution in [0.25, 0.3) is 0 Å². The van der Waals surface area contributed by atoms with E-state index in [1.807, 2.05) is 0 Å². The van der Waals surface area contributed by atoms with E-state index in [-0.39, 0.29) is 74.1 Å². The number of ether oxygens (including phenoxy) is 2. The van der Waals surface area contributed by atoms with Crippen LogP contribution in [0.2, 0.25) is 0 Å². The lowest BCUT2D eigenvalue weighted by atomic mass is 10.3. The van der Waals surface area contributed by atoms with Crippen LogP contribution < -0.4 is 22.1 Å². The number of carbonyl (C=O) groups is 4. The molecule has 0 aromatic carbocycles. The number of nitrogens with two attached hydrogens (primary N) is 2. The molecule has 0 aromatic rings. The van der Waals surface area contributed by atoms with E-state index in [2.05, 4.69) is 20.1 Å². The number of carbonyl (C=O) groups excluding carboxylic acids is 4. The fourth-order valence-corrected chi connectivity index (χ4v) is 3.95. The molecule has 0 bridgehead atoms. The van der Waals surface area contributed by atoms with Crippen LogP contribution in [-0.4, -0.2) is 74.7 Å². The van der Waals surface area contributed by atoms with Gasteiger partial charge in [-0.1, -0.05) is 21.6 Å². The second-order valence-corrected chi connectivity index (χ2v) is 7.49. The van der Waals surface area contributed by atoms with Crippen molar-refractivity contribution in [2.45, 2.75) is 24.9 Å². The molecule has 14 heteroatoms. The monoisotopic (exact) mass is 482 g/mol. The van der Waals surface area contributed by atoms with Crippen molar-refractivity contribution in [3.05, 3.63) is 0 Å². The number of esters is 2. The van der Waals surface area contributed by atoms with Gasteiger partial charge >= 0.3 is 11.9 Å². The zero-order valence-corrected chi connectivity index (χ0v) is 18.9. The van der Waals surface area contributed by atoms with E-state index in [1.165, 1.54) is 35.8 Å². The molecular weight excluding hydrogens is 455 g/mol. The van der Waals surface area contributed by atoms with Crippen LogP contribution in [-0.2, 0) is 28.7 Å². The highest BCUT2D eigenvalue weighted by Gasteiger charge is 2.24. The first-order valence-corrected chi connectivity index (χ1v) is 10.3. The Balaban J connectivity index is -0.00000312. The highest BCUT2D eigenvalue weighted by molar-refractivity contribution is 8.76. The van der Waals surface area contributed by atoms with Gasteiger partial charge in [-0.15, -0.1) is 24.8 Å². The SMILES string of the molecule is COC(=O)[C@H](CSSC[C@H](NC(=O)CCN)C(=O)OC)NC(=O)CCN.Cl.Cl. The molecule has 0 aliphatic rings. The van der Waals surface area contributed by atoms with Crippen LogP contribution in [0.1, 0.15) is 12.8 Å². The fraction of sp³-hybridized carbons (Fsp3) is 0.714. The molecule has 0 heterocycles. The van der Waals surface area contributed by atoms with E-state index >= 15 is 0 Å². The fourth-order valence-electron chi connectivity index (χ4n) is 1.65. The molecule has 28 heavy (non-hydrogen) atoms. The molecule has 2 atom stereocenters. The molecule has 0 aliphatic heterocycles. The van der Waals surface area contributed by atoms with Crippen LogP contribution >= 0.6 is 46.4 Å². The van der Waals surface area contributed by atoms with E-state index in [1.54, 1.807) is 0 Å². The standard InChI is InChI=1S/C14H26N4O6S2.2ClH/c1-23-13(21)9(17-11(19)3-5-15)7-25-26-8-10(14(22)24-2)18-12(20)4-6-16;;/h9-10H,3-8,15-16H2,1-2H3,(H,17,19)(H,18,20);2*1H/t9-,10-;;/m0../s1. The Kier molecular flexibility index (Phi) is 22.0. The zero-order valence-electron chi connectivity index (χ0n) is 15.6. The summed E-state index contributed by atoms with van der Waals surface area (Å²) >= 11 is 0. The minimum Gasteiger partial charge on any atom is -0.467 e.